The van der Waals surface area contributed by atoms with Gasteiger partial charge in [-0.3, -0.25) is 10.1 Å². The van der Waals surface area contributed by atoms with E-state index in [0.29, 0.717) is 24.6 Å². The zero-order chi connectivity index (χ0) is 26.3. The van der Waals surface area contributed by atoms with Gasteiger partial charge in [0, 0.05) is 18.3 Å². The second-order valence-corrected chi connectivity index (χ2v) is 10.7. The third-order valence-electron chi connectivity index (χ3n) is 5.35. The van der Waals surface area contributed by atoms with Crippen molar-refractivity contribution in [2.75, 3.05) is 24.7 Å². The number of hydrogen-bond donors (Lipinski definition) is 4. The van der Waals surface area contributed by atoms with Gasteiger partial charge in [0.25, 0.3) is 5.91 Å². The molecule has 0 heterocycles. The summed E-state index contributed by atoms with van der Waals surface area (Å²) in [5.74, 6) is 0.000354. The van der Waals surface area contributed by atoms with Crippen LogP contribution in [0.3, 0.4) is 0 Å². The van der Waals surface area contributed by atoms with Crippen LogP contribution in [0, 0.1) is 0 Å². The number of ether oxygens (including phenoxy) is 1. The van der Waals surface area contributed by atoms with Crippen LogP contribution >= 0.6 is 24.8 Å². The molecule has 1 atom stereocenters. The van der Waals surface area contributed by atoms with E-state index in [2.05, 4.69) is 10.6 Å². The fourth-order valence-corrected chi connectivity index (χ4v) is 4.09. The van der Waals surface area contributed by atoms with Crippen LogP contribution in [0.5, 0.6) is 5.75 Å². The first-order valence-corrected chi connectivity index (χ1v) is 13.5. The van der Waals surface area contributed by atoms with E-state index in [1.54, 1.807) is 19.1 Å². The molecule has 0 aliphatic carbocycles. The molecule has 0 fully saturated rings. The summed E-state index contributed by atoms with van der Waals surface area (Å²) >= 11 is 0. The first-order chi connectivity index (χ1) is 16.9. The molecule has 0 radical (unpaired) electrons. The van der Waals surface area contributed by atoms with E-state index in [0.717, 1.165) is 22.9 Å². The smallest absolute Gasteiger partial charge is 0.266 e. The topological polar surface area (TPSA) is 117 Å². The second kappa shape index (κ2) is 14.4. The van der Waals surface area contributed by atoms with Crippen molar-refractivity contribution in [2.24, 2.45) is 0 Å². The molecule has 8 nitrogen and oxygen atoms in total. The molecule has 0 spiro atoms. The van der Waals surface area contributed by atoms with Crippen LogP contribution in [0.2, 0.25) is 0 Å². The number of aliphatic hydroxyl groups is 1. The standard InChI is InChI=1S/C27H33N3O5S.2ClH/c1-19(2)29-25-18-21(12-15-24(25)26(31)30-36(4,33)34)20-10-13-23(14-11-20)35-17-16-28-27(3,32)22-8-6-5-7-9-22;;/h5-15,18-19,28-29,32H,16-17H2,1-4H3,(H,30,31);2*1H/t27-;;/m0../s1. The summed E-state index contributed by atoms with van der Waals surface area (Å²) in [5, 5.41) is 16.9. The summed E-state index contributed by atoms with van der Waals surface area (Å²) in [6, 6.07) is 22.1. The number of hydrogen-bond acceptors (Lipinski definition) is 7. The zero-order valence-electron chi connectivity index (χ0n) is 21.7. The lowest BCUT2D eigenvalue weighted by Crippen LogP contribution is -2.41. The minimum atomic E-state index is -3.68. The van der Waals surface area contributed by atoms with Crippen LogP contribution < -0.4 is 20.1 Å². The van der Waals surface area contributed by atoms with Crippen molar-refractivity contribution in [1.82, 2.24) is 10.0 Å². The molecule has 0 saturated heterocycles. The van der Waals surface area contributed by atoms with Crippen LogP contribution in [0.4, 0.5) is 5.69 Å². The van der Waals surface area contributed by atoms with Crippen LogP contribution in [-0.2, 0) is 15.7 Å². The maximum Gasteiger partial charge on any atom is 0.266 e. The van der Waals surface area contributed by atoms with Crippen molar-refractivity contribution >= 4 is 46.4 Å². The highest BCUT2D eigenvalue weighted by atomic mass is 35.5. The van der Waals surface area contributed by atoms with E-state index < -0.39 is 21.7 Å². The first kappa shape index (κ1) is 33.2. The summed E-state index contributed by atoms with van der Waals surface area (Å²) in [4.78, 5) is 12.5. The number of amides is 1. The number of rotatable bonds is 11. The maximum atomic E-state index is 12.5. The molecule has 0 aliphatic rings. The molecule has 3 aromatic rings. The number of carbonyl (C=O) groups is 1. The van der Waals surface area contributed by atoms with Gasteiger partial charge in [-0.1, -0.05) is 48.5 Å². The lowest BCUT2D eigenvalue weighted by molar-refractivity contribution is 0.0169. The number of anilines is 1. The number of sulfonamides is 1. The van der Waals surface area contributed by atoms with E-state index in [4.69, 9.17) is 4.74 Å². The molecule has 38 heavy (non-hydrogen) atoms. The van der Waals surface area contributed by atoms with Gasteiger partial charge in [-0.05, 0) is 61.7 Å². The van der Waals surface area contributed by atoms with Gasteiger partial charge in [0.05, 0.1) is 11.8 Å². The predicted octanol–water partition coefficient (Wildman–Crippen LogP) is 4.54. The first-order valence-electron chi connectivity index (χ1n) is 11.6. The predicted molar refractivity (Wildman–Crippen MR) is 157 cm³/mol. The third kappa shape index (κ3) is 9.81. The van der Waals surface area contributed by atoms with E-state index in [9.17, 15) is 18.3 Å². The van der Waals surface area contributed by atoms with Crippen molar-refractivity contribution in [3.05, 3.63) is 83.9 Å². The fraction of sp³-hybridized carbons (Fsp3) is 0.296. The lowest BCUT2D eigenvalue weighted by atomic mass is 10.0. The molecule has 4 N–H and O–H groups in total. The summed E-state index contributed by atoms with van der Waals surface area (Å²) in [6.45, 7) is 6.39. The van der Waals surface area contributed by atoms with Crippen LogP contribution in [0.25, 0.3) is 11.1 Å². The van der Waals surface area contributed by atoms with Crippen LogP contribution in [-0.4, -0.2) is 44.9 Å². The van der Waals surface area contributed by atoms with Gasteiger partial charge in [0.2, 0.25) is 10.0 Å². The Kier molecular flexibility index (Phi) is 12.6. The van der Waals surface area contributed by atoms with Crippen molar-refractivity contribution in [2.45, 2.75) is 32.5 Å². The Morgan fingerprint density at radius 1 is 0.974 bits per heavy atom. The van der Waals surface area contributed by atoms with Gasteiger partial charge in [-0.2, -0.15) is 0 Å². The summed E-state index contributed by atoms with van der Waals surface area (Å²) in [7, 11) is -3.68. The Labute approximate surface area is 237 Å². The van der Waals surface area contributed by atoms with Crippen molar-refractivity contribution in [3.8, 4) is 16.9 Å². The van der Waals surface area contributed by atoms with Crippen LogP contribution in [0.15, 0.2) is 72.8 Å². The molecule has 0 aromatic heterocycles. The molecule has 3 aromatic carbocycles. The number of benzene rings is 3. The van der Waals surface area contributed by atoms with Crippen molar-refractivity contribution in [1.29, 1.82) is 0 Å². The normalized spacial score (nSPS) is 12.5. The zero-order valence-corrected chi connectivity index (χ0v) is 24.2. The average molecular weight is 585 g/mol. The fourth-order valence-electron chi connectivity index (χ4n) is 3.65. The highest BCUT2D eigenvalue weighted by Gasteiger charge is 2.21. The number of carbonyl (C=O) groups excluding carboxylic acids is 1. The molecule has 0 aliphatic heterocycles. The van der Waals surface area contributed by atoms with Gasteiger partial charge in [-0.25, -0.2) is 13.1 Å². The largest absolute Gasteiger partial charge is 0.492 e. The molecule has 1 amide bonds. The average Bonchev–Trinajstić information content (AvgIpc) is 2.81. The molecule has 0 saturated carbocycles. The Balaban J connectivity index is 0.00000361. The molecular weight excluding hydrogens is 549 g/mol. The summed E-state index contributed by atoms with van der Waals surface area (Å²) in [5.41, 5.74) is 2.19. The summed E-state index contributed by atoms with van der Waals surface area (Å²) in [6.07, 6.45) is 0.945. The Hall–Kier alpha value is -2.82. The highest BCUT2D eigenvalue weighted by Crippen LogP contribution is 2.28. The summed E-state index contributed by atoms with van der Waals surface area (Å²) < 4.78 is 30.8. The van der Waals surface area contributed by atoms with Gasteiger partial charge >= 0.3 is 0 Å². The maximum absolute atomic E-state index is 12.5. The third-order valence-corrected chi connectivity index (χ3v) is 5.91. The number of halogens is 2. The van der Waals surface area contributed by atoms with E-state index in [-0.39, 0.29) is 36.4 Å². The van der Waals surface area contributed by atoms with Gasteiger partial charge < -0.3 is 15.2 Å². The Morgan fingerprint density at radius 2 is 1.58 bits per heavy atom. The van der Waals surface area contributed by atoms with Gasteiger partial charge in [0.15, 0.2) is 0 Å². The van der Waals surface area contributed by atoms with Crippen molar-refractivity contribution < 1.29 is 23.1 Å². The number of nitrogens with one attached hydrogen (secondary N) is 3. The highest BCUT2D eigenvalue weighted by molar-refractivity contribution is 7.89. The molecule has 0 unspecified atom stereocenters. The molecule has 0 bridgehead atoms. The quantitative estimate of drug-likeness (QED) is 0.193. The van der Waals surface area contributed by atoms with Crippen LogP contribution in [0.1, 0.15) is 36.7 Å². The minimum absolute atomic E-state index is 0. The monoisotopic (exact) mass is 583 g/mol. The van der Waals surface area contributed by atoms with E-state index >= 15 is 0 Å². The SMILES string of the molecule is CC(C)Nc1cc(-c2ccc(OCCN[C@@](C)(O)c3ccccc3)cc2)ccc1C(=O)NS(C)(=O)=O.Cl.Cl. The lowest BCUT2D eigenvalue weighted by Gasteiger charge is -2.25. The Bertz CT molecular complexity index is 1290. The minimum Gasteiger partial charge on any atom is -0.492 e. The van der Waals surface area contributed by atoms with Gasteiger partial charge in [-0.15, -0.1) is 24.8 Å². The second-order valence-electron chi connectivity index (χ2n) is 9.00. The molecular formula is C27H35Cl2N3O5S. The van der Waals surface area contributed by atoms with E-state index in [1.165, 1.54) is 0 Å². The molecule has 208 valence electrons. The molecule has 11 heteroatoms. The van der Waals surface area contributed by atoms with Gasteiger partial charge in [0.1, 0.15) is 18.1 Å². The Morgan fingerprint density at radius 3 is 2.16 bits per heavy atom. The van der Waals surface area contributed by atoms with E-state index in [1.807, 2.05) is 79.2 Å². The van der Waals surface area contributed by atoms with Crippen molar-refractivity contribution in [3.63, 3.8) is 0 Å². The molecule has 3 rings (SSSR count).